The maximum absolute atomic E-state index is 13.1. The van der Waals surface area contributed by atoms with E-state index in [9.17, 15) is 17.6 Å². The molecule has 1 aromatic heterocycles. The monoisotopic (exact) mass is 337 g/mol. The zero-order valence-electron chi connectivity index (χ0n) is 12.5. The molecule has 3 rings (SSSR count). The molecule has 122 valence electrons. The van der Waals surface area contributed by atoms with Crippen LogP contribution in [-0.4, -0.2) is 36.2 Å². The molecule has 0 radical (unpaired) electrons. The molecule has 1 aromatic carbocycles. The fourth-order valence-electron chi connectivity index (χ4n) is 2.54. The molecule has 0 saturated heterocycles. The summed E-state index contributed by atoms with van der Waals surface area (Å²) < 4.78 is 38.7. The van der Waals surface area contributed by atoms with Crippen LogP contribution < -0.4 is 5.32 Å². The zero-order chi connectivity index (χ0) is 16.6. The topological polar surface area (TPSA) is 81.1 Å². The van der Waals surface area contributed by atoms with E-state index in [4.69, 9.17) is 0 Å². The largest absolute Gasteiger partial charge is 0.351 e. The third-order valence-corrected chi connectivity index (χ3v) is 5.25. The molecule has 1 aliphatic heterocycles. The van der Waals surface area contributed by atoms with Gasteiger partial charge in [-0.15, -0.1) is 0 Å². The Morgan fingerprint density at radius 1 is 1.35 bits per heavy atom. The molecular weight excluding hydrogens is 321 g/mol. The average molecular weight is 337 g/mol. The Morgan fingerprint density at radius 3 is 2.70 bits per heavy atom. The van der Waals surface area contributed by atoms with Crippen molar-refractivity contribution in [1.82, 2.24) is 14.9 Å². The van der Waals surface area contributed by atoms with Crippen molar-refractivity contribution in [2.45, 2.75) is 25.0 Å². The molecule has 0 unspecified atom stereocenters. The maximum atomic E-state index is 13.1. The number of benzene rings is 1. The first-order valence-electron chi connectivity index (χ1n) is 7.31. The molecule has 0 bridgehead atoms. The number of nitrogens with one attached hydrogen (secondary N) is 1. The minimum absolute atomic E-state index is 0.0624. The zero-order valence-corrected chi connectivity index (χ0v) is 13.4. The molecular formula is C15H16FN3O3S. The summed E-state index contributed by atoms with van der Waals surface area (Å²) in [6.45, 7) is 2.60. The van der Waals surface area contributed by atoms with Crippen molar-refractivity contribution in [3.8, 4) is 11.3 Å². The second-order valence-corrected chi connectivity index (χ2v) is 7.33. The lowest BCUT2D eigenvalue weighted by molar-refractivity contribution is 0.0944. The van der Waals surface area contributed by atoms with Crippen molar-refractivity contribution >= 4 is 15.7 Å². The van der Waals surface area contributed by atoms with Crippen LogP contribution in [0.3, 0.4) is 0 Å². The molecule has 2 aromatic rings. The van der Waals surface area contributed by atoms with E-state index >= 15 is 0 Å². The predicted molar refractivity (Wildman–Crippen MR) is 82.3 cm³/mol. The number of nitrogens with zero attached hydrogens (tertiary/aromatic N) is 2. The maximum Gasteiger partial charge on any atom is 0.270 e. The lowest BCUT2D eigenvalue weighted by atomic mass is 10.1. The first-order chi connectivity index (χ1) is 10.9. The van der Waals surface area contributed by atoms with E-state index in [-0.39, 0.29) is 34.7 Å². The van der Waals surface area contributed by atoms with Gasteiger partial charge in [0.2, 0.25) is 15.0 Å². The van der Waals surface area contributed by atoms with E-state index in [2.05, 4.69) is 10.3 Å². The number of carbonyl (C=O) groups excluding carboxylic acids is 1. The number of rotatable bonds is 4. The molecule has 0 aliphatic carbocycles. The number of amides is 1. The number of sulfone groups is 1. The second kappa shape index (κ2) is 5.77. The van der Waals surface area contributed by atoms with E-state index in [0.29, 0.717) is 12.1 Å². The van der Waals surface area contributed by atoms with Gasteiger partial charge in [-0.1, -0.05) is 6.92 Å². The van der Waals surface area contributed by atoms with Gasteiger partial charge in [-0.05, 0) is 30.7 Å². The number of fused-ring (bicyclic) bond motifs is 1. The number of hydrogen-bond donors (Lipinski definition) is 1. The summed E-state index contributed by atoms with van der Waals surface area (Å²) in [5.41, 5.74) is 0.975. The van der Waals surface area contributed by atoms with Crippen LogP contribution in [0, 0.1) is 5.82 Å². The molecule has 0 spiro atoms. The highest BCUT2D eigenvalue weighted by atomic mass is 32.2. The van der Waals surface area contributed by atoms with Gasteiger partial charge in [0, 0.05) is 18.7 Å². The third kappa shape index (κ3) is 2.74. The summed E-state index contributed by atoms with van der Waals surface area (Å²) >= 11 is 0. The molecule has 2 heterocycles. The molecule has 6 nitrogen and oxygen atoms in total. The number of halogens is 1. The number of carbonyl (C=O) groups is 1. The van der Waals surface area contributed by atoms with Gasteiger partial charge in [0.05, 0.1) is 5.75 Å². The molecule has 1 N–H and O–H groups in total. The fourth-order valence-corrected chi connectivity index (χ4v) is 3.90. The number of aromatic nitrogens is 2. The Hall–Kier alpha value is -2.22. The average Bonchev–Trinajstić information content (AvgIpc) is 3.04. The van der Waals surface area contributed by atoms with Crippen LogP contribution in [0.2, 0.25) is 0 Å². The van der Waals surface area contributed by atoms with E-state index < -0.39 is 15.7 Å². The van der Waals surface area contributed by atoms with Crippen LogP contribution in [0.4, 0.5) is 4.39 Å². The van der Waals surface area contributed by atoms with Crippen molar-refractivity contribution in [1.29, 1.82) is 0 Å². The summed E-state index contributed by atoms with van der Waals surface area (Å²) in [6.07, 6.45) is 0.761. The first-order valence-corrected chi connectivity index (χ1v) is 8.96. The molecule has 1 amide bonds. The van der Waals surface area contributed by atoms with Gasteiger partial charge in [0.25, 0.3) is 5.91 Å². The van der Waals surface area contributed by atoms with E-state index in [1.807, 2.05) is 6.92 Å². The first kappa shape index (κ1) is 15.7. The lowest BCUT2D eigenvalue weighted by Gasteiger charge is -2.08. The summed E-state index contributed by atoms with van der Waals surface area (Å²) in [6, 6.07) is 5.47. The van der Waals surface area contributed by atoms with Gasteiger partial charge in [0.15, 0.2) is 0 Å². The van der Waals surface area contributed by atoms with Crippen molar-refractivity contribution in [2.75, 3.05) is 12.3 Å². The van der Waals surface area contributed by atoms with Crippen LogP contribution in [0.15, 0.2) is 29.4 Å². The summed E-state index contributed by atoms with van der Waals surface area (Å²) in [7, 11) is -3.48. The smallest absolute Gasteiger partial charge is 0.270 e. The highest BCUT2D eigenvalue weighted by molar-refractivity contribution is 7.91. The number of hydrogen-bond acceptors (Lipinski definition) is 4. The van der Waals surface area contributed by atoms with Gasteiger partial charge in [0.1, 0.15) is 17.2 Å². The Balaban J connectivity index is 2.15. The van der Waals surface area contributed by atoms with Crippen LogP contribution in [0.5, 0.6) is 0 Å². The van der Waals surface area contributed by atoms with Crippen LogP contribution >= 0.6 is 0 Å². The van der Waals surface area contributed by atoms with Crippen molar-refractivity contribution in [3.05, 3.63) is 35.8 Å². The van der Waals surface area contributed by atoms with E-state index in [1.165, 1.54) is 28.8 Å². The normalized spacial score (nSPS) is 15.4. The van der Waals surface area contributed by atoms with Gasteiger partial charge < -0.3 is 9.88 Å². The summed E-state index contributed by atoms with van der Waals surface area (Å²) in [4.78, 5) is 16.6. The van der Waals surface area contributed by atoms with E-state index in [0.717, 1.165) is 6.42 Å². The number of imidazole rings is 1. The molecule has 23 heavy (non-hydrogen) atoms. The molecule has 1 aliphatic rings. The SMILES string of the molecule is CCCNC(=O)c1c(-c2ccc(F)cc2)nc2n1CCS2(=O)=O. The minimum atomic E-state index is -3.48. The van der Waals surface area contributed by atoms with Crippen LogP contribution in [0.1, 0.15) is 23.8 Å². The van der Waals surface area contributed by atoms with Gasteiger partial charge in [-0.2, -0.15) is 0 Å². The van der Waals surface area contributed by atoms with Gasteiger partial charge in [-0.3, -0.25) is 4.79 Å². The molecule has 0 saturated carbocycles. The highest BCUT2D eigenvalue weighted by Gasteiger charge is 2.35. The Labute approximate surface area is 133 Å². The van der Waals surface area contributed by atoms with Gasteiger partial charge in [-0.25, -0.2) is 17.8 Å². The van der Waals surface area contributed by atoms with Crippen molar-refractivity contribution < 1.29 is 17.6 Å². The van der Waals surface area contributed by atoms with Crippen LogP contribution in [-0.2, 0) is 16.4 Å². The summed E-state index contributed by atoms with van der Waals surface area (Å²) in [5.74, 6) is -0.847. The minimum Gasteiger partial charge on any atom is -0.351 e. The lowest BCUT2D eigenvalue weighted by Crippen LogP contribution is -2.27. The quantitative estimate of drug-likeness (QED) is 0.919. The highest BCUT2D eigenvalue weighted by Crippen LogP contribution is 2.30. The van der Waals surface area contributed by atoms with Gasteiger partial charge >= 0.3 is 0 Å². The predicted octanol–water partition coefficient (Wildman–Crippen LogP) is 1.62. The molecule has 8 heteroatoms. The van der Waals surface area contributed by atoms with Crippen LogP contribution in [0.25, 0.3) is 11.3 Å². The Kier molecular flexibility index (Phi) is 3.93. The standard InChI is InChI=1S/C15H16FN3O3S/c1-2-7-17-14(20)13-12(10-3-5-11(16)6-4-10)18-15-19(13)8-9-23(15,21)22/h3-6H,2,7-9H2,1H3,(H,17,20). The Bertz CT molecular complexity index is 857. The molecule has 0 fully saturated rings. The van der Waals surface area contributed by atoms with Crippen molar-refractivity contribution in [3.63, 3.8) is 0 Å². The Morgan fingerprint density at radius 2 is 2.04 bits per heavy atom. The summed E-state index contributed by atoms with van der Waals surface area (Å²) in [5, 5.41) is 2.65. The fraction of sp³-hybridized carbons (Fsp3) is 0.333. The second-order valence-electron chi connectivity index (χ2n) is 5.32. The molecule has 0 atom stereocenters. The van der Waals surface area contributed by atoms with Crippen molar-refractivity contribution in [2.24, 2.45) is 0 Å². The third-order valence-electron chi connectivity index (χ3n) is 3.66. The van der Waals surface area contributed by atoms with E-state index in [1.54, 1.807) is 0 Å².